The molecule has 0 spiro atoms. The van der Waals surface area contributed by atoms with Crippen molar-refractivity contribution in [3.05, 3.63) is 58.1 Å². The zero-order valence-corrected chi connectivity index (χ0v) is 15.5. The van der Waals surface area contributed by atoms with Crippen LogP contribution in [0.1, 0.15) is 10.4 Å². The van der Waals surface area contributed by atoms with E-state index in [1.165, 1.54) is 7.11 Å². The number of benzene rings is 2. The lowest BCUT2D eigenvalue weighted by atomic mass is 10.2. The van der Waals surface area contributed by atoms with Gasteiger partial charge in [-0.15, -0.1) is 0 Å². The molecule has 0 saturated carbocycles. The Morgan fingerprint density at radius 3 is 2.54 bits per heavy atom. The largest absolute Gasteiger partial charge is 0.496 e. The highest BCUT2D eigenvalue weighted by Gasteiger charge is 2.13. The Kier molecular flexibility index (Phi) is 7.56. The maximum atomic E-state index is 12.1. The molecule has 138 valence electrons. The van der Waals surface area contributed by atoms with Crippen LogP contribution in [0, 0.1) is 0 Å². The van der Waals surface area contributed by atoms with Gasteiger partial charge in [-0.05, 0) is 30.3 Å². The van der Waals surface area contributed by atoms with Gasteiger partial charge in [0.25, 0.3) is 5.91 Å². The van der Waals surface area contributed by atoms with E-state index in [2.05, 4.69) is 5.32 Å². The van der Waals surface area contributed by atoms with E-state index >= 15 is 0 Å². The molecule has 0 aromatic heterocycles. The molecule has 6 nitrogen and oxygen atoms in total. The molecule has 8 heteroatoms. The molecule has 0 unspecified atom stereocenters. The number of hydrogen-bond donors (Lipinski definition) is 1. The topological polar surface area (TPSA) is 73.9 Å². The summed E-state index contributed by atoms with van der Waals surface area (Å²) in [6, 6.07) is 11.5. The minimum absolute atomic E-state index is 0.0162. The molecule has 0 heterocycles. The van der Waals surface area contributed by atoms with Crippen molar-refractivity contribution in [1.29, 1.82) is 0 Å². The van der Waals surface area contributed by atoms with Crippen LogP contribution in [0.2, 0.25) is 10.0 Å². The minimum Gasteiger partial charge on any atom is -0.496 e. The van der Waals surface area contributed by atoms with E-state index in [1.807, 2.05) is 0 Å². The van der Waals surface area contributed by atoms with Crippen LogP contribution < -0.4 is 14.8 Å². The normalized spacial score (nSPS) is 10.1. The van der Waals surface area contributed by atoms with Gasteiger partial charge in [0.05, 0.1) is 17.7 Å². The Bertz CT molecular complexity index is 782. The third kappa shape index (κ3) is 5.82. The highest BCUT2D eigenvalue weighted by molar-refractivity contribution is 6.35. The number of esters is 1. The average molecular weight is 398 g/mol. The van der Waals surface area contributed by atoms with Crippen LogP contribution in [0.25, 0.3) is 0 Å². The van der Waals surface area contributed by atoms with E-state index in [0.29, 0.717) is 27.1 Å². The van der Waals surface area contributed by atoms with E-state index in [-0.39, 0.29) is 19.8 Å². The summed E-state index contributed by atoms with van der Waals surface area (Å²) in [7, 11) is 1.47. The molecule has 0 aliphatic carbocycles. The molecule has 0 fully saturated rings. The van der Waals surface area contributed by atoms with Crippen LogP contribution in [0.4, 0.5) is 0 Å². The molecule has 1 amide bonds. The quantitative estimate of drug-likeness (QED) is 0.545. The Morgan fingerprint density at radius 1 is 1.04 bits per heavy atom. The van der Waals surface area contributed by atoms with E-state index in [4.69, 9.17) is 37.4 Å². The summed E-state index contributed by atoms with van der Waals surface area (Å²) in [6.45, 7) is -0.131. The van der Waals surface area contributed by atoms with E-state index in [1.54, 1.807) is 42.5 Å². The third-order valence-corrected chi connectivity index (χ3v) is 3.77. The van der Waals surface area contributed by atoms with Gasteiger partial charge in [0, 0.05) is 5.02 Å². The zero-order valence-electron chi connectivity index (χ0n) is 14.0. The first-order valence-electron chi connectivity index (χ1n) is 7.66. The van der Waals surface area contributed by atoms with E-state index < -0.39 is 11.9 Å². The number of hydrogen-bond acceptors (Lipinski definition) is 5. The average Bonchev–Trinajstić information content (AvgIpc) is 2.64. The minimum atomic E-state index is -0.584. The lowest BCUT2D eigenvalue weighted by Gasteiger charge is -2.10. The Hall–Kier alpha value is -2.44. The highest BCUT2D eigenvalue weighted by atomic mass is 35.5. The summed E-state index contributed by atoms with van der Waals surface area (Å²) < 4.78 is 15.5. The zero-order chi connectivity index (χ0) is 18.9. The fraction of sp³-hybridized carbons (Fsp3) is 0.222. The lowest BCUT2D eigenvalue weighted by molar-refractivity contribution is -0.143. The standard InChI is InChI=1S/C18H17Cl2NO5/c1-24-15-5-3-2-4-13(15)18(23)21-11-17(22)26-9-8-25-16-7-6-12(19)10-14(16)20/h2-7,10H,8-9,11H2,1H3,(H,21,23). The molecular weight excluding hydrogens is 381 g/mol. The monoisotopic (exact) mass is 397 g/mol. The van der Waals surface area contributed by atoms with Crippen LogP contribution in [0.5, 0.6) is 11.5 Å². The van der Waals surface area contributed by atoms with E-state index in [0.717, 1.165) is 0 Å². The third-order valence-electron chi connectivity index (χ3n) is 3.24. The number of halogens is 2. The number of carbonyl (C=O) groups is 2. The predicted octanol–water partition coefficient (Wildman–Crippen LogP) is 3.35. The van der Waals surface area contributed by atoms with Crippen molar-refractivity contribution in [1.82, 2.24) is 5.32 Å². The highest BCUT2D eigenvalue weighted by Crippen LogP contribution is 2.27. The summed E-state index contributed by atoms with van der Waals surface area (Å²) in [6.07, 6.45) is 0. The number of carbonyl (C=O) groups excluding carboxylic acids is 2. The number of rotatable bonds is 8. The van der Waals surface area contributed by atoms with Gasteiger partial charge >= 0.3 is 5.97 Å². The number of amides is 1. The second kappa shape index (κ2) is 9.89. The Morgan fingerprint density at radius 2 is 1.81 bits per heavy atom. The Balaban J connectivity index is 1.71. The summed E-state index contributed by atoms with van der Waals surface area (Å²) in [4.78, 5) is 23.7. The molecule has 2 rings (SSSR count). The molecule has 2 aromatic rings. The molecule has 0 aliphatic heterocycles. The number of ether oxygens (including phenoxy) is 3. The van der Waals surface area contributed by atoms with Crippen molar-refractivity contribution in [2.75, 3.05) is 26.9 Å². The first-order valence-corrected chi connectivity index (χ1v) is 8.41. The first-order chi connectivity index (χ1) is 12.5. The van der Waals surface area contributed by atoms with Crippen LogP contribution in [-0.2, 0) is 9.53 Å². The molecule has 2 aromatic carbocycles. The fourth-order valence-corrected chi connectivity index (χ4v) is 2.49. The molecule has 0 saturated heterocycles. The van der Waals surface area contributed by atoms with Gasteiger partial charge < -0.3 is 19.5 Å². The van der Waals surface area contributed by atoms with Gasteiger partial charge in [-0.3, -0.25) is 9.59 Å². The van der Waals surface area contributed by atoms with Crippen molar-refractivity contribution in [3.8, 4) is 11.5 Å². The predicted molar refractivity (Wildman–Crippen MR) is 98.2 cm³/mol. The molecule has 26 heavy (non-hydrogen) atoms. The van der Waals surface area contributed by atoms with Crippen molar-refractivity contribution < 1.29 is 23.8 Å². The molecule has 0 atom stereocenters. The first kappa shape index (κ1) is 19.9. The SMILES string of the molecule is COc1ccccc1C(=O)NCC(=O)OCCOc1ccc(Cl)cc1Cl. The lowest BCUT2D eigenvalue weighted by Crippen LogP contribution is -2.31. The van der Waals surface area contributed by atoms with Crippen molar-refractivity contribution >= 4 is 35.1 Å². The van der Waals surface area contributed by atoms with E-state index in [9.17, 15) is 9.59 Å². The summed E-state index contributed by atoms with van der Waals surface area (Å²) in [5.41, 5.74) is 0.337. The van der Waals surface area contributed by atoms with Crippen LogP contribution in [0.3, 0.4) is 0 Å². The van der Waals surface area contributed by atoms with Gasteiger partial charge in [0.2, 0.25) is 0 Å². The number of para-hydroxylation sites is 1. The van der Waals surface area contributed by atoms with Gasteiger partial charge in [0.15, 0.2) is 0 Å². The molecule has 0 aliphatic rings. The smallest absolute Gasteiger partial charge is 0.325 e. The van der Waals surface area contributed by atoms with Crippen molar-refractivity contribution in [2.45, 2.75) is 0 Å². The second-order valence-electron chi connectivity index (χ2n) is 5.03. The van der Waals surface area contributed by atoms with Gasteiger partial charge in [-0.1, -0.05) is 35.3 Å². The van der Waals surface area contributed by atoms with Crippen molar-refractivity contribution in [3.63, 3.8) is 0 Å². The van der Waals surface area contributed by atoms with Crippen LogP contribution in [0.15, 0.2) is 42.5 Å². The maximum absolute atomic E-state index is 12.1. The molecule has 0 bridgehead atoms. The summed E-state index contributed by atoms with van der Waals surface area (Å²) >= 11 is 11.8. The Labute approximate surface area is 160 Å². The van der Waals surface area contributed by atoms with Gasteiger partial charge in [-0.2, -0.15) is 0 Å². The number of methoxy groups -OCH3 is 1. The second-order valence-corrected chi connectivity index (χ2v) is 5.87. The van der Waals surface area contributed by atoms with Gasteiger partial charge in [0.1, 0.15) is 31.3 Å². The molecule has 0 radical (unpaired) electrons. The molecule has 1 N–H and O–H groups in total. The maximum Gasteiger partial charge on any atom is 0.325 e. The van der Waals surface area contributed by atoms with Crippen LogP contribution >= 0.6 is 23.2 Å². The number of nitrogens with one attached hydrogen (secondary N) is 1. The van der Waals surface area contributed by atoms with Gasteiger partial charge in [-0.25, -0.2) is 0 Å². The van der Waals surface area contributed by atoms with Crippen LogP contribution in [-0.4, -0.2) is 38.7 Å². The van der Waals surface area contributed by atoms with Crippen molar-refractivity contribution in [2.24, 2.45) is 0 Å². The fourth-order valence-electron chi connectivity index (χ4n) is 2.03. The summed E-state index contributed by atoms with van der Waals surface area (Å²) in [5, 5.41) is 3.35. The summed E-state index contributed by atoms with van der Waals surface area (Å²) in [5.74, 6) is -0.147. The molecular formula is C18H17Cl2NO5.